The summed E-state index contributed by atoms with van der Waals surface area (Å²) in [5.74, 6) is -0.153. The van der Waals surface area contributed by atoms with Gasteiger partial charge in [0.15, 0.2) is 0 Å². The van der Waals surface area contributed by atoms with E-state index in [1.807, 2.05) is 25.6 Å². The Morgan fingerprint density at radius 2 is 2.25 bits per heavy atom. The predicted octanol–water partition coefficient (Wildman–Crippen LogP) is 0.925. The number of rotatable bonds is 5. The summed E-state index contributed by atoms with van der Waals surface area (Å²) in [4.78, 5) is 16.1. The van der Waals surface area contributed by atoms with Crippen LogP contribution in [0.4, 0.5) is 0 Å². The second-order valence-corrected chi connectivity index (χ2v) is 5.55. The fourth-order valence-corrected chi connectivity index (χ4v) is 2.73. The fourth-order valence-electron chi connectivity index (χ4n) is 2.08. The van der Waals surface area contributed by atoms with E-state index in [2.05, 4.69) is 15.4 Å². The molecule has 0 aliphatic heterocycles. The van der Waals surface area contributed by atoms with E-state index in [4.69, 9.17) is 5.73 Å². The maximum atomic E-state index is 11.9. The van der Waals surface area contributed by atoms with Crippen molar-refractivity contribution in [2.45, 2.75) is 26.8 Å². The largest absolute Gasteiger partial charge is 0.350 e. The summed E-state index contributed by atoms with van der Waals surface area (Å²) in [5, 5.41) is 9.74. The second-order valence-electron chi connectivity index (χ2n) is 4.61. The van der Waals surface area contributed by atoms with E-state index in [1.54, 1.807) is 5.38 Å². The summed E-state index contributed by atoms with van der Waals surface area (Å²) in [5.41, 5.74) is 9.26. The number of carbonyl (C=O) groups excluding carboxylic acids is 1. The van der Waals surface area contributed by atoms with Crippen LogP contribution >= 0.6 is 11.3 Å². The van der Waals surface area contributed by atoms with Crippen molar-refractivity contribution in [2.75, 3.05) is 6.54 Å². The van der Waals surface area contributed by atoms with Gasteiger partial charge in [-0.15, -0.1) is 11.3 Å². The maximum absolute atomic E-state index is 11.9. The average molecular weight is 293 g/mol. The van der Waals surface area contributed by atoms with Gasteiger partial charge in [0.2, 0.25) is 0 Å². The monoisotopic (exact) mass is 293 g/mol. The number of aryl methyl sites for hydroxylation is 2. The molecule has 2 heterocycles. The van der Waals surface area contributed by atoms with Gasteiger partial charge in [0.05, 0.1) is 5.69 Å². The van der Waals surface area contributed by atoms with Crippen molar-refractivity contribution < 1.29 is 4.79 Å². The molecule has 0 atom stereocenters. The Kier molecular flexibility index (Phi) is 4.51. The molecule has 0 aromatic carbocycles. The van der Waals surface area contributed by atoms with Crippen LogP contribution in [0.1, 0.15) is 32.4 Å². The minimum Gasteiger partial charge on any atom is -0.350 e. The summed E-state index contributed by atoms with van der Waals surface area (Å²) in [6, 6.07) is 0. The van der Waals surface area contributed by atoms with Crippen LogP contribution in [0.3, 0.4) is 0 Å². The van der Waals surface area contributed by atoms with Crippen molar-refractivity contribution >= 4 is 17.2 Å². The molecule has 3 N–H and O–H groups in total. The highest BCUT2D eigenvalue weighted by molar-refractivity contribution is 7.09. The molecule has 2 aromatic rings. The van der Waals surface area contributed by atoms with Gasteiger partial charge < -0.3 is 11.1 Å². The maximum Gasteiger partial charge on any atom is 0.270 e. The summed E-state index contributed by atoms with van der Waals surface area (Å²) in [7, 11) is 1.92. The first-order valence-corrected chi connectivity index (χ1v) is 7.32. The summed E-state index contributed by atoms with van der Waals surface area (Å²) in [6.07, 6.45) is 0.769. The molecule has 6 nitrogen and oxygen atoms in total. The van der Waals surface area contributed by atoms with E-state index in [1.165, 1.54) is 16.9 Å². The molecule has 0 spiro atoms. The van der Waals surface area contributed by atoms with Gasteiger partial charge in [0.1, 0.15) is 10.7 Å². The van der Waals surface area contributed by atoms with E-state index < -0.39 is 0 Å². The average Bonchev–Trinajstić information content (AvgIpc) is 2.99. The first-order chi connectivity index (χ1) is 9.52. The van der Waals surface area contributed by atoms with Gasteiger partial charge in [-0.3, -0.25) is 9.48 Å². The SMILES string of the molecule is Cc1nn(C)c(C)c1CCNC(=O)c1csc(CN)n1. The molecule has 20 heavy (non-hydrogen) atoms. The highest BCUT2D eigenvalue weighted by Gasteiger charge is 2.12. The Hall–Kier alpha value is -1.73. The topological polar surface area (TPSA) is 85.8 Å². The Bertz CT molecular complexity index is 616. The Morgan fingerprint density at radius 1 is 1.50 bits per heavy atom. The minimum absolute atomic E-state index is 0.153. The van der Waals surface area contributed by atoms with Gasteiger partial charge in [0.25, 0.3) is 5.91 Å². The lowest BCUT2D eigenvalue weighted by Gasteiger charge is -2.04. The Labute approximate surface area is 122 Å². The van der Waals surface area contributed by atoms with Gasteiger partial charge >= 0.3 is 0 Å². The first-order valence-electron chi connectivity index (χ1n) is 6.44. The number of nitrogens with one attached hydrogen (secondary N) is 1. The number of nitrogens with two attached hydrogens (primary N) is 1. The van der Waals surface area contributed by atoms with Crippen LogP contribution in [0, 0.1) is 13.8 Å². The molecule has 7 heteroatoms. The normalized spacial score (nSPS) is 10.8. The third kappa shape index (κ3) is 3.05. The highest BCUT2D eigenvalue weighted by Crippen LogP contribution is 2.12. The third-order valence-electron chi connectivity index (χ3n) is 3.28. The van der Waals surface area contributed by atoms with Crippen molar-refractivity contribution in [3.63, 3.8) is 0 Å². The van der Waals surface area contributed by atoms with Crippen molar-refractivity contribution in [3.05, 3.63) is 33.0 Å². The molecule has 0 radical (unpaired) electrons. The van der Waals surface area contributed by atoms with E-state index in [0.717, 1.165) is 22.8 Å². The van der Waals surface area contributed by atoms with Gasteiger partial charge in [-0.05, 0) is 25.8 Å². The van der Waals surface area contributed by atoms with Gasteiger partial charge in [-0.2, -0.15) is 5.10 Å². The van der Waals surface area contributed by atoms with Gasteiger partial charge in [-0.25, -0.2) is 4.98 Å². The van der Waals surface area contributed by atoms with Crippen LogP contribution in [0.15, 0.2) is 5.38 Å². The molecule has 0 saturated carbocycles. The molecule has 0 bridgehead atoms. The molecule has 108 valence electrons. The number of amides is 1. The number of nitrogens with zero attached hydrogens (tertiary/aromatic N) is 3. The lowest BCUT2D eigenvalue weighted by atomic mass is 10.1. The number of carbonyl (C=O) groups is 1. The quantitative estimate of drug-likeness (QED) is 0.858. The zero-order chi connectivity index (χ0) is 14.7. The number of aromatic nitrogens is 3. The molecule has 0 aliphatic rings. The molecule has 2 aromatic heterocycles. The standard InChI is InChI=1S/C13H19N5OS/c1-8-10(9(2)18(3)17-8)4-5-15-13(19)11-7-20-12(6-14)16-11/h7H,4-6,14H2,1-3H3,(H,15,19). The van der Waals surface area contributed by atoms with Crippen LogP contribution in [-0.2, 0) is 20.0 Å². The van der Waals surface area contributed by atoms with E-state index in [-0.39, 0.29) is 5.91 Å². The third-order valence-corrected chi connectivity index (χ3v) is 4.15. The first kappa shape index (κ1) is 14.7. The summed E-state index contributed by atoms with van der Waals surface area (Å²) in [6.45, 7) is 4.96. The summed E-state index contributed by atoms with van der Waals surface area (Å²) < 4.78 is 1.86. The Morgan fingerprint density at radius 3 is 2.80 bits per heavy atom. The van der Waals surface area contributed by atoms with Crippen LogP contribution in [0.2, 0.25) is 0 Å². The Balaban J connectivity index is 1.91. The smallest absolute Gasteiger partial charge is 0.270 e. The molecule has 0 unspecified atom stereocenters. The van der Waals surface area contributed by atoms with Crippen LogP contribution in [0.25, 0.3) is 0 Å². The molecular formula is C13H19N5OS. The molecule has 1 amide bonds. The summed E-state index contributed by atoms with van der Waals surface area (Å²) >= 11 is 1.41. The van der Waals surface area contributed by atoms with E-state index >= 15 is 0 Å². The number of hydrogen-bond donors (Lipinski definition) is 2. The van der Waals surface area contributed by atoms with Crippen LogP contribution in [-0.4, -0.2) is 27.2 Å². The van der Waals surface area contributed by atoms with Crippen molar-refractivity contribution in [1.82, 2.24) is 20.1 Å². The minimum atomic E-state index is -0.153. The molecule has 0 saturated heterocycles. The molecule has 0 fully saturated rings. The lowest BCUT2D eigenvalue weighted by molar-refractivity contribution is 0.0949. The number of thiazole rings is 1. The van der Waals surface area contributed by atoms with E-state index in [9.17, 15) is 4.79 Å². The molecule has 2 rings (SSSR count). The fraction of sp³-hybridized carbons (Fsp3) is 0.462. The van der Waals surface area contributed by atoms with Crippen LogP contribution in [0.5, 0.6) is 0 Å². The van der Waals surface area contributed by atoms with Crippen molar-refractivity contribution in [2.24, 2.45) is 12.8 Å². The van der Waals surface area contributed by atoms with Crippen molar-refractivity contribution in [1.29, 1.82) is 0 Å². The van der Waals surface area contributed by atoms with Gasteiger partial charge in [-0.1, -0.05) is 0 Å². The number of hydrogen-bond acceptors (Lipinski definition) is 5. The van der Waals surface area contributed by atoms with E-state index in [0.29, 0.717) is 18.8 Å². The highest BCUT2D eigenvalue weighted by atomic mass is 32.1. The molecule has 0 aliphatic carbocycles. The molecular weight excluding hydrogens is 274 g/mol. The second kappa shape index (κ2) is 6.15. The van der Waals surface area contributed by atoms with Crippen LogP contribution < -0.4 is 11.1 Å². The zero-order valence-electron chi connectivity index (χ0n) is 11.9. The van der Waals surface area contributed by atoms with Crippen molar-refractivity contribution in [3.8, 4) is 0 Å². The zero-order valence-corrected chi connectivity index (χ0v) is 12.8. The predicted molar refractivity (Wildman–Crippen MR) is 78.7 cm³/mol. The lowest BCUT2D eigenvalue weighted by Crippen LogP contribution is -2.26. The van der Waals surface area contributed by atoms with Gasteiger partial charge in [0, 0.05) is 31.2 Å².